The number of halogens is 2. The van der Waals surface area contributed by atoms with Crippen molar-refractivity contribution in [2.45, 2.75) is 30.6 Å². The molecule has 0 unspecified atom stereocenters. The highest BCUT2D eigenvalue weighted by Crippen LogP contribution is 2.36. The Morgan fingerprint density at radius 3 is 2.62 bits per heavy atom. The molecule has 1 saturated heterocycles. The molecule has 1 fully saturated rings. The maximum atomic E-state index is 13.8. The van der Waals surface area contributed by atoms with Crippen LogP contribution >= 0.6 is 11.6 Å². The van der Waals surface area contributed by atoms with Crippen molar-refractivity contribution in [3.63, 3.8) is 0 Å². The summed E-state index contributed by atoms with van der Waals surface area (Å²) < 4.78 is 46.7. The van der Waals surface area contributed by atoms with E-state index in [0.29, 0.717) is 31.5 Å². The minimum atomic E-state index is -3.80. The molecule has 5 nitrogen and oxygen atoms in total. The second kappa shape index (κ2) is 7.63. The number of piperidine rings is 1. The molecular weight excluding hydrogens is 415 g/mol. The van der Waals surface area contributed by atoms with Gasteiger partial charge in [0, 0.05) is 35.2 Å². The lowest BCUT2D eigenvalue weighted by atomic mass is 9.90. The lowest BCUT2D eigenvalue weighted by Crippen LogP contribution is -2.38. The average Bonchev–Trinajstić information content (AvgIpc) is 3.13. The van der Waals surface area contributed by atoms with Crippen LogP contribution in [0, 0.1) is 12.7 Å². The zero-order valence-corrected chi connectivity index (χ0v) is 17.8. The minimum Gasteiger partial charge on any atom is -0.497 e. The fourth-order valence-electron chi connectivity index (χ4n) is 4.02. The lowest BCUT2D eigenvalue weighted by Gasteiger charge is -2.31. The summed E-state index contributed by atoms with van der Waals surface area (Å²) in [6, 6.07) is 8.07. The molecular formula is C21H22ClFN2O3S. The van der Waals surface area contributed by atoms with Crippen LogP contribution in [0.3, 0.4) is 0 Å². The number of rotatable bonds is 4. The third-order valence-corrected chi connectivity index (χ3v) is 8.11. The lowest BCUT2D eigenvalue weighted by molar-refractivity contribution is 0.320. The highest BCUT2D eigenvalue weighted by Gasteiger charge is 2.32. The van der Waals surface area contributed by atoms with E-state index in [4.69, 9.17) is 16.3 Å². The smallest absolute Gasteiger partial charge is 0.243 e. The highest BCUT2D eigenvalue weighted by molar-refractivity contribution is 7.89. The second-order valence-electron chi connectivity index (χ2n) is 7.34. The van der Waals surface area contributed by atoms with E-state index >= 15 is 0 Å². The quantitative estimate of drug-likeness (QED) is 0.636. The van der Waals surface area contributed by atoms with Gasteiger partial charge < -0.3 is 9.72 Å². The van der Waals surface area contributed by atoms with E-state index in [0.717, 1.165) is 28.8 Å². The van der Waals surface area contributed by atoms with Gasteiger partial charge in [-0.05, 0) is 67.1 Å². The summed E-state index contributed by atoms with van der Waals surface area (Å²) in [5.74, 6) is 0.373. The van der Waals surface area contributed by atoms with Crippen molar-refractivity contribution in [1.82, 2.24) is 9.29 Å². The number of ether oxygens (including phenoxy) is 1. The Hall–Kier alpha value is -2.09. The van der Waals surface area contributed by atoms with E-state index in [1.165, 1.54) is 9.87 Å². The van der Waals surface area contributed by atoms with Gasteiger partial charge in [-0.2, -0.15) is 4.31 Å². The number of aromatic nitrogens is 1. The van der Waals surface area contributed by atoms with E-state index < -0.39 is 15.8 Å². The molecule has 1 aliphatic heterocycles. The number of nitrogens with zero attached hydrogens (tertiary/aromatic N) is 1. The molecule has 1 N–H and O–H groups in total. The molecule has 154 valence electrons. The zero-order valence-electron chi connectivity index (χ0n) is 16.2. The van der Waals surface area contributed by atoms with Crippen LogP contribution in [0.25, 0.3) is 10.9 Å². The summed E-state index contributed by atoms with van der Waals surface area (Å²) in [6.45, 7) is 2.34. The minimum absolute atomic E-state index is 0.0576. The summed E-state index contributed by atoms with van der Waals surface area (Å²) in [7, 11) is -2.17. The number of benzene rings is 2. The molecule has 0 spiro atoms. The topological polar surface area (TPSA) is 62.4 Å². The standard InChI is InChI=1S/C21H22ClFN2O3S/c1-13-19(22)9-15(23)10-21(13)29(26,27)25-7-5-14(6-8-25)18-12-24-20-4-3-16(28-2)11-17(18)20/h3-4,9-12,14,24H,5-8H2,1-2H3. The summed E-state index contributed by atoms with van der Waals surface area (Å²) in [5.41, 5.74) is 2.57. The predicted molar refractivity (Wildman–Crippen MR) is 112 cm³/mol. The number of methoxy groups -OCH3 is 1. The van der Waals surface area contributed by atoms with E-state index in [1.807, 2.05) is 24.4 Å². The van der Waals surface area contributed by atoms with Crippen LogP contribution < -0.4 is 4.74 Å². The van der Waals surface area contributed by atoms with Gasteiger partial charge in [0.25, 0.3) is 0 Å². The maximum Gasteiger partial charge on any atom is 0.243 e. The van der Waals surface area contributed by atoms with Crippen molar-refractivity contribution in [1.29, 1.82) is 0 Å². The summed E-state index contributed by atoms with van der Waals surface area (Å²) in [6.07, 6.45) is 3.37. The number of H-pyrrole nitrogens is 1. The largest absolute Gasteiger partial charge is 0.497 e. The number of hydrogen-bond donors (Lipinski definition) is 1. The van der Waals surface area contributed by atoms with Gasteiger partial charge in [-0.25, -0.2) is 12.8 Å². The van der Waals surface area contributed by atoms with Gasteiger partial charge in [-0.3, -0.25) is 0 Å². The van der Waals surface area contributed by atoms with Crippen molar-refractivity contribution in [2.24, 2.45) is 0 Å². The Bertz CT molecular complexity index is 1170. The average molecular weight is 437 g/mol. The Balaban J connectivity index is 1.57. The summed E-state index contributed by atoms with van der Waals surface area (Å²) in [4.78, 5) is 3.22. The summed E-state index contributed by atoms with van der Waals surface area (Å²) >= 11 is 6.00. The highest BCUT2D eigenvalue weighted by atomic mass is 35.5. The fourth-order valence-corrected chi connectivity index (χ4v) is 6.01. The number of fused-ring (bicyclic) bond motifs is 1. The third kappa shape index (κ3) is 3.63. The molecule has 1 aromatic heterocycles. The van der Waals surface area contributed by atoms with Crippen molar-refractivity contribution in [3.8, 4) is 5.75 Å². The molecule has 8 heteroatoms. The SMILES string of the molecule is COc1ccc2[nH]cc(C3CCN(S(=O)(=O)c4cc(F)cc(Cl)c4C)CC3)c2c1. The number of aromatic amines is 1. The molecule has 2 aromatic carbocycles. The van der Waals surface area contributed by atoms with Crippen molar-refractivity contribution in [3.05, 3.63) is 58.5 Å². The second-order valence-corrected chi connectivity index (χ2v) is 9.66. The molecule has 0 radical (unpaired) electrons. The van der Waals surface area contributed by atoms with Crippen LogP contribution in [0.4, 0.5) is 4.39 Å². The molecule has 1 aliphatic rings. The first-order valence-electron chi connectivity index (χ1n) is 9.42. The van der Waals surface area contributed by atoms with E-state index in [1.54, 1.807) is 14.0 Å². The van der Waals surface area contributed by atoms with Gasteiger partial charge in [0.1, 0.15) is 11.6 Å². The molecule has 0 atom stereocenters. The van der Waals surface area contributed by atoms with Crippen LogP contribution in [0.2, 0.25) is 5.02 Å². The van der Waals surface area contributed by atoms with Crippen molar-refractivity contribution >= 4 is 32.5 Å². The van der Waals surface area contributed by atoms with Crippen LogP contribution in [0.5, 0.6) is 5.75 Å². The number of nitrogens with one attached hydrogen (secondary N) is 1. The van der Waals surface area contributed by atoms with Crippen LogP contribution in [-0.4, -0.2) is 37.9 Å². The molecule has 3 aromatic rings. The molecule has 2 heterocycles. The van der Waals surface area contributed by atoms with E-state index in [9.17, 15) is 12.8 Å². The monoisotopic (exact) mass is 436 g/mol. The van der Waals surface area contributed by atoms with Gasteiger partial charge in [0.15, 0.2) is 0 Å². The first kappa shape index (κ1) is 20.2. The molecule has 4 rings (SSSR count). The number of sulfonamides is 1. The Labute approximate surface area is 174 Å². The first-order valence-corrected chi connectivity index (χ1v) is 11.2. The third-order valence-electron chi connectivity index (χ3n) is 5.69. The van der Waals surface area contributed by atoms with Gasteiger partial charge in [0.2, 0.25) is 10.0 Å². The van der Waals surface area contributed by atoms with Crippen LogP contribution in [0.15, 0.2) is 41.4 Å². The Kier molecular flexibility index (Phi) is 5.31. The van der Waals surface area contributed by atoms with E-state index in [-0.39, 0.29) is 15.8 Å². The van der Waals surface area contributed by atoms with Gasteiger partial charge in [0.05, 0.1) is 12.0 Å². The first-order chi connectivity index (χ1) is 13.8. The molecule has 29 heavy (non-hydrogen) atoms. The maximum absolute atomic E-state index is 13.8. The Morgan fingerprint density at radius 2 is 1.93 bits per heavy atom. The summed E-state index contributed by atoms with van der Waals surface area (Å²) in [5, 5.41) is 1.21. The van der Waals surface area contributed by atoms with Gasteiger partial charge in [-0.15, -0.1) is 0 Å². The molecule has 0 aliphatic carbocycles. The Morgan fingerprint density at radius 1 is 1.21 bits per heavy atom. The van der Waals surface area contributed by atoms with Gasteiger partial charge >= 0.3 is 0 Å². The van der Waals surface area contributed by atoms with Crippen LogP contribution in [-0.2, 0) is 10.0 Å². The van der Waals surface area contributed by atoms with Gasteiger partial charge in [-0.1, -0.05) is 11.6 Å². The van der Waals surface area contributed by atoms with Crippen molar-refractivity contribution in [2.75, 3.05) is 20.2 Å². The van der Waals surface area contributed by atoms with Crippen LogP contribution in [0.1, 0.15) is 29.9 Å². The zero-order chi connectivity index (χ0) is 20.8. The van der Waals surface area contributed by atoms with E-state index in [2.05, 4.69) is 4.98 Å². The molecule has 0 amide bonds. The predicted octanol–water partition coefficient (Wildman–Crippen LogP) is 4.85. The molecule has 0 bridgehead atoms. The number of hydrogen-bond acceptors (Lipinski definition) is 3. The molecule has 0 saturated carbocycles. The fraction of sp³-hybridized carbons (Fsp3) is 0.333. The van der Waals surface area contributed by atoms with Crippen molar-refractivity contribution < 1.29 is 17.5 Å². The normalized spacial score (nSPS) is 16.4.